The number of piperidine rings is 1. The van der Waals surface area contributed by atoms with Gasteiger partial charge in [0.2, 0.25) is 5.95 Å². The molecule has 0 unspecified atom stereocenters. The van der Waals surface area contributed by atoms with Crippen molar-refractivity contribution in [1.29, 1.82) is 0 Å². The molecule has 0 bridgehead atoms. The number of alkyl halides is 3. The second-order valence-electron chi connectivity index (χ2n) is 10.4. The van der Waals surface area contributed by atoms with Gasteiger partial charge in [-0.15, -0.1) is 0 Å². The first-order chi connectivity index (χ1) is 20.0. The van der Waals surface area contributed by atoms with Gasteiger partial charge >= 0.3 is 12.2 Å². The van der Waals surface area contributed by atoms with Crippen LogP contribution in [0.25, 0.3) is 0 Å². The van der Waals surface area contributed by atoms with Gasteiger partial charge in [0.05, 0.1) is 12.8 Å². The number of anilines is 3. The van der Waals surface area contributed by atoms with Gasteiger partial charge in [-0.2, -0.15) is 18.2 Å². The monoisotopic (exact) mass is 594 g/mol. The standard InChI is InChI=1S/C25H33F3N6O2.C3H8N2O/c1-34-12-10-18(11-13-34)31-23(35)16-8-9-20(21(14-16)36-2)32-24-29-15-19(25(26,27)28)22(33-24)30-17-6-4-3-5-7-17;1-2-5-3(4)6/h8-9,14-15,17-18H,3-7,10-13H2,1-2H3,(H,31,35)(H2,29,30,32,33);2H2,1H3,(H3,4,5,6). The number of rotatable bonds is 8. The minimum atomic E-state index is -4.57. The van der Waals surface area contributed by atoms with Gasteiger partial charge in [-0.05, 0) is 70.9 Å². The Labute approximate surface area is 244 Å². The van der Waals surface area contributed by atoms with Crippen LogP contribution in [0.5, 0.6) is 5.75 Å². The molecule has 11 nitrogen and oxygen atoms in total. The Hall–Kier alpha value is -3.81. The lowest BCUT2D eigenvalue weighted by Gasteiger charge is -2.29. The number of likely N-dealkylation sites (tertiary alicyclic amines) is 1. The summed E-state index contributed by atoms with van der Waals surface area (Å²) in [7, 11) is 3.52. The smallest absolute Gasteiger partial charge is 0.421 e. The number of halogens is 3. The van der Waals surface area contributed by atoms with Crippen LogP contribution in [-0.4, -0.2) is 72.7 Å². The maximum atomic E-state index is 13.6. The van der Waals surface area contributed by atoms with E-state index in [2.05, 4.69) is 48.9 Å². The van der Waals surface area contributed by atoms with Gasteiger partial charge < -0.3 is 36.6 Å². The summed E-state index contributed by atoms with van der Waals surface area (Å²) in [5.74, 6) is -0.0707. The number of aromatic nitrogens is 2. The van der Waals surface area contributed by atoms with Crippen molar-refractivity contribution in [3.8, 4) is 5.75 Å². The van der Waals surface area contributed by atoms with E-state index in [1.54, 1.807) is 18.2 Å². The molecule has 1 aromatic carbocycles. The maximum absolute atomic E-state index is 13.6. The van der Waals surface area contributed by atoms with E-state index in [-0.39, 0.29) is 29.8 Å². The van der Waals surface area contributed by atoms with Crippen molar-refractivity contribution in [3.63, 3.8) is 0 Å². The summed E-state index contributed by atoms with van der Waals surface area (Å²) < 4.78 is 46.2. The highest BCUT2D eigenvalue weighted by molar-refractivity contribution is 5.95. The molecule has 2 fully saturated rings. The molecule has 1 aromatic heterocycles. The van der Waals surface area contributed by atoms with Crippen molar-refractivity contribution in [2.24, 2.45) is 5.73 Å². The van der Waals surface area contributed by atoms with Crippen LogP contribution in [0.1, 0.15) is 67.8 Å². The molecule has 0 spiro atoms. The summed E-state index contributed by atoms with van der Waals surface area (Å²) in [6.07, 6.45) is 2.65. The fourth-order valence-corrected chi connectivity index (χ4v) is 4.85. The van der Waals surface area contributed by atoms with Crippen molar-refractivity contribution in [1.82, 2.24) is 25.5 Å². The van der Waals surface area contributed by atoms with Crippen LogP contribution in [0.15, 0.2) is 24.4 Å². The van der Waals surface area contributed by atoms with Crippen molar-refractivity contribution in [2.45, 2.75) is 70.1 Å². The largest absolute Gasteiger partial charge is 0.495 e. The Bertz CT molecular complexity index is 1180. The quantitative estimate of drug-likeness (QED) is 0.301. The van der Waals surface area contributed by atoms with Gasteiger partial charge in [0.1, 0.15) is 17.1 Å². The normalized spacial score (nSPS) is 16.5. The summed E-state index contributed by atoms with van der Waals surface area (Å²) in [5.41, 5.74) is 4.63. The molecule has 4 rings (SSSR count). The van der Waals surface area contributed by atoms with Crippen LogP contribution in [0, 0.1) is 0 Å². The Morgan fingerprint density at radius 3 is 2.36 bits per heavy atom. The average molecular weight is 595 g/mol. The zero-order chi connectivity index (χ0) is 30.7. The van der Waals surface area contributed by atoms with Gasteiger partial charge in [-0.3, -0.25) is 4.79 Å². The van der Waals surface area contributed by atoms with E-state index in [1.807, 2.05) is 6.92 Å². The fraction of sp³-hybridized carbons (Fsp3) is 0.571. The van der Waals surface area contributed by atoms with E-state index in [0.29, 0.717) is 23.5 Å². The highest BCUT2D eigenvalue weighted by Gasteiger charge is 2.36. The summed E-state index contributed by atoms with van der Waals surface area (Å²) in [6.45, 7) is 4.28. The van der Waals surface area contributed by atoms with Crippen LogP contribution in [-0.2, 0) is 6.18 Å². The number of urea groups is 1. The van der Waals surface area contributed by atoms with E-state index in [1.165, 1.54) is 7.11 Å². The number of methoxy groups -OCH3 is 1. The molecule has 1 saturated heterocycles. The zero-order valence-corrected chi connectivity index (χ0v) is 24.3. The van der Waals surface area contributed by atoms with E-state index in [4.69, 9.17) is 4.74 Å². The Morgan fingerprint density at radius 1 is 1.10 bits per heavy atom. The first kappa shape index (κ1) is 32.7. The molecule has 2 heterocycles. The third-order valence-electron chi connectivity index (χ3n) is 7.16. The Kier molecular flexibility index (Phi) is 12.0. The van der Waals surface area contributed by atoms with Crippen molar-refractivity contribution >= 4 is 29.4 Å². The molecule has 14 heteroatoms. The lowest BCUT2D eigenvalue weighted by atomic mass is 9.95. The highest BCUT2D eigenvalue weighted by atomic mass is 19.4. The number of carbonyl (C=O) groups is 2. The highest BCUT2D eigenvalue weighted by Crippen LogP contribution is 2.36. The number of hydrogen-bond acceptors (Lipinski definition) is 8. The number of amides is 3. The molecule has 1 aliphatic carbocycles. The predicted molar refractivity (Wildman–Crippen MR) is 155 cm³/mol. The van der Waals surface area contributed by atoms with Crippen LogP contribution in [0.3, 0.4) is 0 Å². The lowest BCUT2D eigenvalue weighted by Crippen LogP contribution is -2.43. The summed E-state index contributed by atoms with van der Waals surface area (Å²) in [4.78, 5) is 32.7. The molecule has 1 saturated carbocycles. The number of ether oxygens (including phenoxy) is 1. The number of nitrogens with one attached hydrogen (secondary N) is 4. The first-order valence-corrected chi connectivity index (χ1v) is 14.2. The Balaban J connectivity index is 0.000000730. The van der Waals surface area contributed by atoms with Crippen molar-refractivity contribution < 1.29 is 27.5 Å². The second-order valence-corrected chi connectivity index (χ2v) is 10.4. The third-order valence-corrected chi connectivity index (χ3v) is 7.16. The molecule has 232 valence electrons. The van der Waals surface area contributed by atoms with Gasteiger partial charge in [0, 0.05) is 30.4 Å². The van der Waals surface area contributed by atoms with E-state index < -0.39 is 17.8 Å². The number of nitrogens with two attached hydrogens (primary N) is 1. The van der Waals surface area contributed by atoms with E-state index in [0.717, 1.165) is 64.2 Å². The molecule has 3 amide bonds. The molecule has 0 atom stereocenters. The molecule has 6 N–H and O–H groups in total. The number of primary amides is 1. The van der Waals surface area contributed by atoms with Crippen LogP contribution < -0.4 is 31.7 Å². The average Bonchev–Trinajstić information content (AvgIpc) is 2.95. The summed E-state index contributed by atoms with van der Waals surface area (Å²) in [6, 6.07) is 4.47. The molecular weight excluding hydrogens is 553 g/mol. The zero-order valence-electron chi connectivity index (χ0n) is 24.3. The molecule has 2 aliphatic rings. The van der Waals surface area contributed by atoms with Crippen LogP contribution in [0.4, 0.5) is 35.4 Å². The Morgan fingerprint density at radius 2 is 1.79 bits per heavy atom. The maximum Gasteiger partial charge on any atom is 0.421 e. The minimum absolute atomic E-state index is 0.00290. The predicted octanol–water partition coefficient (Wildman–Crippen LogP) is 4.49. The van der Waals surface area contributed by atoms with Gasteiger partial charge in [0.25, 0.3) is 5.91 Å². The van der Waals surface area contributed by atoms with E-state index >= 15 is 0 Å². The van der Waals surface area contributed by atoms with E-state index in [9.17, 15) is 22.8 Å². The number of benzene rings is 1. The first-order valence-electron chi connectivity index (χ1n) is 14.2. The van der Waals surface area contributed by atoms with Crippen molar-refractivity contribution in [2.75, 3.05) is 44.4 Å². The van der Waals surface area contributed by atoms with Crippen molar-refractivity contribution in [3.05, 3.63) is 35.5 Å². The molecular formula is C28H41F3N8O3. The summed E-state index contributed by atoms with van der Waals surface area (Å²) >= 11 is 0. The van der Waals surface area contributed by atoms with Gasteiger partial charge in [-0.1, -0.05) is 19.3 Å². The summed E-state index contributed by atoms with van der Waals surface area (Å²) in [5, 5.41) is 11.3. The lowest BCUT2D eigenvalue weighted by molar-refractivity contribution is -0.137. The number of carbonyl (C=O) groups excluding carboxylic acids is 2. The third kappa shape index (κ3) is 9.93. The minimum Gasteiger partial charge on any atom is -0.495 e. The SMILES string of the molecule is CCNC(N)=O.COc1cc(C(=O)NC2CCN(C)CC2)ccc1Nc1ncc(C(F)(F)F)c(NC2CCCCC2)n1. The molecule has 0 radical (unpaired) electrons. The molecule has 1 aliphatic heterocycles. The number of hydrogen-bond donors (Lipinski definition) is 5. The second kappa shape index (κ2) is 15.4. The van der Waals surface area contributed by atoms with Gasteiger partial charge in [-0.25, -0.2) is 9.78 Å². The topological polar surface area (TPSA) is 147 Å². The molecule has 2 aromatic rings. The fourth-order valence-electron chi connectivity index (χ4n) is 4.85. The molecule has 42 heavy (non-hydrogen) atoms. The van der Waals surface area contributed by atoms with Gasteiger partial charge in [0.15, 0.2) is 0 Å². The number of nitrogens with zero attached hydrogens (tertiary/aromatic N) is 3. The van der Waals surface area contributed by atoms with Crippen LogP contribution >= 0.6 is 0 Å². The van der Waals surface area contributed by atoms with Crippen LogP contribution in [0.2, 0.25) is 0 Å².